The van der Waals surface area contributed by atoms with Gasteiger partial charge in [0.25, 0.3) is 0 Å². The Morgan fingerprint density at radius 1 is 1.08 bits per heavy atom. The van der Waals surface area contributed by atoms with Crippen molar-refractivity contribution < 1.29 is 24.3 Å². The van der Waals surface area contributed by atoms with E-state index in [1.807, 2.05) is 13.8 Å². The molecule has 0 aromatic heterocycles. The van der Waals surface area contributed by atoms with Gasteiger partial charge in [-0.1, -0.05) is 13.8 Å². The SMILES string of the molecule is CC(C)CC(NC(=O)CNC(=O)C(N)CS)C(=O)NC(C)C(=O)O. The average Bonchev–Trinajstić information content (AvgIpc) is 2.50. The van der Waals surface area contributed by atoms with Gasteiger partial charge < -0.3 is 26.8 Å². The lowest BCUT2D eigenvalue weighted by molar-refractivity contribution is -0.141. The minimum Gasteiger partial charge on any atom is -0.480 e. The van der Waals surface area contributed by atoms with Gasteiger partial charge in [0.2, 0.25) is 17.7 Å². The van der Waals surface area contributed by atoms with E-state index in [9.17, 15) is 19.2 Å². The highest BCUT2D eigenvalue weighted by atomic mass is 32.1. The van der Waals surface area contributed by atoms with E-state index < -0.39 is 41.8 Å². The Morgan fingerprint density at radius 2 is 1.67 bits per heavy atom. The Morgan fingerprint density at radius 3 is 2.12 bits per heavy atom. The predicted octanol–water partition coefficient (Wildman–Crippen LogP) is -1.52. The van der Waals surface area contributed by atoms with E-state index in [4.69, 9.17) is 10.8 Å². The highest BCUT2D eigenvalue weighted by Gasteiger charge is 2.25. The highest BCUT2D eigenvalue weighted by molar-refractivity contribution is 7.80. The lowest BCUT2D eigenvalue weighted by atomic mass is 10.0. The molecule has 0 aliphatic rings. The van der Waals surface area contributed by atoms with E-state index in [-0.39, 0.29) is 18.2 Å². The third kappa shape index (κ3) is 8.73. The minimum absolute atomic E-state index is 0.0911. The van der Waals surface area contributed by atoms with Gasteiger partial charge in [-0.2, -0.15) is 12.6 Å². The van der Waals surface area contributed by atoms with Crippen LogP contribution in [-0.2, 0) is 19.2 Å². The number of carboxylic acid groups (broad SMARTS) is 1. The number of carboxylic acids is 1. The summed E-state index contributed by atoms with van der Waals surface area (Å²) in [6.07, 6.45) is 0.327. The monoisotopic (exact) mass is 362 g/mol. The van der Waals surface area contributed by atoms with Crippen molar-refractivity contribution in [2.24, 2.45) is 11.7 Å². The second-order valence-electron chi connectivity index (χ2n) is 5.83. The number of carbonyl (C=O) groups is 4. The number of amides is 3. The van der Waals surface area contributed by atoms with Crippen LogP contribution in [0.1, 0.15) is 27.2 Å². The molecular formula is C14H26N4O5S. The fourth-order valence-electron chi connectivity index (χ4n) is 1.71. The summed E-state index contributed by atoms with van der Waals surface area (Å²) >= 11 is 3.88. The summed E-state index contributed by atoms with van der Waals surface area (Å²) in [4.78, 5) is 46.3. The Balaban J connectivity index is 4.66. The molecule has 0 heterocycles. The molecule has 3 unspecified atom stereocenters. The largest absolute Gasteiger partial charge is 0.480 e. The van der Waals surface area contributed by atoms with Crippen molar-refractivity contribution in [3.05, 3.63) is 0 Å². The molecule has 10 heteroatoms. The third-order valence-electron chi connectivity index (χ3n) is 3.04. The fraction of sp³-hybridized carbons (Fsp3) is 0.714. The second kappa shape index (κ2) is 10.9. The van der Waals surface area contributed by atoms with Crippen LogP contribution in [-0.4, -0.2) is 59.2 Å². The first-order valence-corrected chi connectivity index (χ1v) is 8.18. The van der Waals surface area contributed by atoms with E-state index in [0.29, 0.717) is 6.42 Å². The molecule has 138 valence electrons. The summed E-state index contributed by atoms with van der Waals surface area (Å²) in [5.74, 6) is -2.63. The number of hydrogen-bond acceptors (Lipinski definition) is 6. The molecule has 0 rings (SSSR count). The minimum atomic E-state index is -1.18. The van der Waals surface area contributed by atoms with Crippen molar-refractivity contribution in [2.45, 2.75) is 45.3 Å². The summed E-state index contributed by atoms with van der Waals surface area (Å²) in [6.45, 7) is 4.71. The molecule has 3 amide bonds. The molecule has 0 spiro atoms. The van der Waals surface area contributed by atoms with Gasteiger partial charge in [-0.3, -0.25) is 19.2 Å². The van der Waals surface area contributed by atoms with E-state index in [2.05, 4.69) is 28.6 Å². The van der Waals surface area contributed by atoms with E-state index in [1.54, 1.807) is 0 Å². The van der Waals surface area contributed by atoms with E-state index >= 15 is 0 Å². The molecule has 0 aromatic carbocycles. The van der Waals surface area contributed by atoms with Crippen LogP contribution in [0.25, 0.3) is 0 Å². The molecular weight excluding hydrogens is 336 g/mol. The van der Waals surface area contributed by atoms with Crippen molar-refractivity contribution in [3.8, 4) is 0 Å². The molecule has 0 aromatic rings. The van der Waals surface area contributed by atoms with Gasteiger partial charge in [-0.05, 0) is 19.3 Å². The number of nitrogens with two attached hydrogens (primary N) is 1. The number of carbonyl (C=O) groups excluding carboxylic acids is 3. The van der Waals surface area contributed by atoms with Gasteiger partial charge in [-0.25, -0.2) is 0 Å². The molecule has 0 bridgehead atoms. The molecule has 6 N–H and O–H groups in total. The Bertz CT molecular complexity index is 472. The summed E-state index contributed by atoms with van der Waals surface area (Å²) in [5, 5.41) is 16.0. The van der Waals surface area contributed by atoms with Crippen LogP contribution in [0, 0.1) is 5.92 Å². The van der Waals surface area contributed by atoms with Crippen LogP contribution < -0.4 is 21.7 Å². The molecule has 0 saturated heterocycles. The van der Waals surface area contributed by atoms with Gasteiger partial charge >= 0.3 is 5.97 Å². The van der Waals surface area contributed by atoms with E-state index in [1.165, 1.54) is 6.92 Å². The first kappa shape index (κ1) is 22.2. The van der Waals surface area contributed by atoms with Crippen LogP contribution in [0.2, 0.25) is 0 Å². The average molecular weight is 362 g/mol. The lowest BCUT2D eigenvalue weighted by Crippen LogP contribution is -2.53. The Hall–Kier alpha value is -1.81. The van der Waals surface area contributed by atoms with Gasteiger partial charge in [0.15, 0.2) is 0 Å². The molecule has 9 nitrogen and oxygen atoms in total. The zero-order valence-corrected chi connectivity index (χ0v) is 14.9. The summed E-state index contributed by atoms with van der Waals surface area (Å²) < 4.78 is 0. The first-order chi connectivity index (χ1) is 11.1. The van der Waals surface area contributed by atoms with Gasteiger partial charge in [0, 0.05) is 5.75 Å². The smallest absolute Gasteiger partial charge is 0.325 e. The molecule has 24 heavy (non-hydrogen) atoms. The van der Waals surface area contributed by atoms with Crippen molar-refractivity contribution in [1.82, 2.24) is 16.0 Å². The number of thiol groups is 1. The normalized spacial score (nSPS) is 14.4. The molecule has 0 saturated carbocycles. The predicted molar refractivity (Wildman–Crippen MR) is 91.5 cm³/mol. The van der Waals surface area contributed by atoms with Crippen LogP contribution in [0.15, 0.2) is 0 Å². The highest BCUT2D eigenvalue weighted by Crippen LogP contribution is 2.05. The summed E-state index contributed by atoms with van der Waals surface area (Å²) in [5.41, 5.74) is 5.46. The Kier molecular flexibility index (Phi) is 10.0. The van der Waals surface area contributed by atoms with E-state index in [0.717, 1.165) is 0 Å². The van der Waals surface area contributed by atoms with Crippen LogP contribution in [0.3, 0.4) is 0 Å². The van der Waals surface area contributed by atoms with Crippen molar-refractivity contribution in [1.29, 1.82) is 0 Å². The van der Waals surface area contributed by atoms with Crippen molar-refractivity contribution in [3.63, 3.8) is 0 Å². The Labute approximate surface area is 146 Å². The number of aliphatic carboxylic acids is 1. The first-order valence-electron chi connectivity index (χ1n) is 7.55. The third-order valence-corrected chi connectivity index (χ3v) is 3.44. The zero-order chi connectivity index (χ0) is 18.9. The number of hydrogen-bond donors (Lipinski definition) is 6. The van der Waals surface area contributed by atoms with Gasteiger partial charge in [-0.15, -0.1) is 0 Å². The molecule has 0 aliphatic carbocycles. The standard InChI is InChI=1S/C14H26N4O5S/c1-7(2)4-10(13(21)17-8(3)14(22)23)18-11(19)5-16-12(20)9(15)6-24/h7-10,24H,4-6,15H2,1-3H3,(H,16,20)(H,17,21)(H,18,19)(H,22,23). The van der Waals surface area contributed by atoms with Crippen LogP contribution >= 0.6 is 12.6 Å². The maximum Gasteiger partial charge on any atom is 0.325 e. The lowest BCUT2D eigenvalue weighted by Gasteiger charge is -2.21. The maximum atomic E-state index is 12.1. The van der Waals surface area contributed by atoms with Crippen LogP contribution in [0.4, 0.5) is 0 Å². The fourth-order valence-corrected chi connectivity index (χ4v) is 1.87. The molecule has 0 fully saturated rings. The topological polar surface area (TPSA) is 151 Å². The number of rotatable bonds is 10. The van der Waals surface area contributed by atoms with Crippen LogP contribution in [0.5, 0.6) is 0 Å². The summed E-state index contributed by atoms with van der Waals surface area (Å²) in [6, 6.07) is -2.79. The maximum absolute atomic E-state index is 12.1. The quantitative estimate of drug-likeness (QED) is 0.260. The zero-order valence-electron chi connectivity index (χ0n) is 14.0. The van der Waals surface area contributed by atoms with Gasteiger partial charge in [0.1, 0.15) is 12.1 Å². The summed E-state index contributed by atoms with van der Waals surface area (Å²) in [7, 11) is 0. The van der Waals surface area contributed by atoms with Gasteiger partial charge in [0.05, 0.1) is 12.6 Å². The molecule has 0 aliphatic heterocycles. The molecule has 3 atom stereocenters. The second-order valence-corrected chi connectivity index (χ2v) is 6.19. The number of nitrogens with one attached hydrogen (secondary N) is 3. The molecule has 0 radical (unpaired) electrons. The van der Waals surface area contributed by atoms with Crippen molar-refractivity contribution >= 4 is 36.3 Å². The van der Waals surface area contributed by atoms with Crippen molar-refractivity contribution in [2.75, 3.05) is 12.3 Å².